The largest absolute Gasteiger partial charge is 0.390 e. The Morgan fingerprint density at radius 3 is 3.00 bits per heavy atom. The van der Waals surface area contributed by atoms with Gasteiger partial charge in [0.05, 0.1) is 12.3 Å². The molecule has 0 aliphatic carbocycles. The van der Waals surface area contributed by atoms with Gasteiger partial charge in [0.25, 0.3) is 0 Å². The van der Waals surface area contributed by atoms with Gasteiger partial charge in [0.2, 0.25) is 0 Å². The average Bonchev–Trinajstić information content (AvgIpc) is 2.72. The molecule has 17 heavy (non-hydrogen) atoms. The number of fused-ring (bicyclic) bond motifs is 1. The summed E-state index contributed by atoms with van der Waals surface area (Å²) in [6, 6.07) is 5.89. The van der Waals surface area contributed by atoms with E-state index in [0.29, 0.717) is 0 Å². The van der Waals surface area contributed by atoms with Gasteiger partial charge >= 0.3 is 0 Å². The standard InChI is InChI=1S/C13H18N2OS/c1-2-3-6-9-17-13-11(10-16)15-8-5-4-7-12(15)14-13/h4-5,7-8,16H,2-3,6,9-10H2,1H3. The first-order valence-corrected chi connectivity index (χ1v) is 7.05. The summed E-state index contributed by atoms with van der Waals surface area (Å²) in [7, 11) is 0. The Hall–Kier alpha value is -1.00. The molecule has 0 saturated carbocycles. The number of aliphatic hydroxyl groups is 1. The van der Waals surface area contributed by atoms with Crippen molar-refractivity contribution < 1.29 is 5.11 Å². The van der Waals surface area contributed by atoms with Crippen LogP contribution in [0.2, 0.25) is 0 Å². The summed E-state index contributed by atoms with van der Waals surface area (Å²) in [6.45, 7) is 2.25. The van der Waals surface area contributed by atoms with E-state index in [0.717, 1.165) is 22.1 Å². The lowest BCUT2D eigenvalue weighted by Gasteiger charge is -2.01. The molecular weight excluding hydrogens is 232 g/mol. The number of aliphatic hydroxyl groups excluding tert-OH is 1. The molecule has 0 fully saturated rings. The highest BCUT2D eigenvalue weighted by atomic mass is 32.2. The minimum atomic E-state index is 0.0429. The molecule has 3 nitrogen and oxygen atoms in total. The maximum Gasteiger partial charge on any atom is 0.138 e. The zero-order valence-electron chi connectivity index (χ0n) is 10.1. The Bertz CT molecular complexity index is 481. The fraction of sp³-hybridized carbons (Fsp3) is 0.462. The van der Waals surface area contributed by atoms with Crippen molar-refractivity contribution >= 4 is 17.4 Å². The molecule has 0 aromatic carbocycles. The van der Waals surface area contributed by atoms with E-state index in [-0.39, 0.29) is 6.61 Å². The van der Waals surface area contributed by atoms with Crippen LogP contribution < -0.4 is 0 Å². The number of hydrogen-bond acceptors (Lipinski definition) is 3. The third-order valence-electron chi connectivity index (χ3n) is 2.73. The second kappa shape index (κ2) is 6.07. The number of aromatic nitrogens is 2. The number of nitrogens with zero attached hydrogens (tertiary/aromatic N) is 2. The lowest BCUT2D eigenvalue weighted by atomic mass is 10.3. The van der Waals surface area contributed by atoms with Crippen LogP contribution >= 0.6 is 11.8 Å². The van der Waals surface area contributed by atoms with Crippen LogP contribution in [0.1, 0.15) is 31.9 Å². The summed E-state index contributed by atoms with van der Waals surface area (Å²) < 4.78 is 1.96. The first-order chi connectivity index (χ1) is 8.36. The summed E-state index contributed by atoms with van der Waals surface area (Å²) >= 11 is 1.75. The molecule has 0 atom stereocenters. The molecule has 0 saturated heterocycles. The van der Waals surface area contributed by atoms with Crippen molar-refractivity contribution in [1.82, 2.24) is 9.38 Å². The first kappa shape index (κ1) is 12.5. The molecule has 2 aromatic heterocycles. The zero-order chi connectivity index (χ0) is 12.1. The van der Waals surface area contributed by atoms with Gasteiger partial charge in [-0.25, -0.2) is 4.98 Å². The lowest BCUT2D eigenvalue weighted by molar-refractivity contribution is 0.272. The molecule has 0 aliphatic heterocycles. The topological polar surface area (TPSA) is 37.5 Å². The van der Waals surface area contributed by atoms with Crippen LogP contribution in [0.5, 0.6) is 0 Å². The lowest BCUT2D eigenvalue weighted by Crippen LogP contribution is -1.93. The zero-order valence-corrected chi connectivity index (χ0v) is 10.9. The molecule has 0 unspecified atom stereocenters. The second-order valence-corrected chi connectivity index (χ2v) is 5.09. The molecule has 4 heteroatoms. The highest BCUT2D eigenvalue weighted by Gasteiger charge is 2.10. The number of thioether (sulfide) groups is 1. The van der Waals surface area contributed by atoms with E-state index in [1.807, 2.05) is 28.8 Å². The minimum absolute atomic E-state index is 0.0429. The molecule has 0 radical (unpaired) electrons. The van der Waals surface area contributed by atoms with Gasteiger partial charge in [-0.05, 0) is 24.3 Å². The van der Waals surface area contributed by atoms with Crippen molar-refractivity contribution in [3.63, 3.8) is 0 Å². The molecular formula is C13H18N2OS. The smallest absolute Gasteiger partial charge is 0.138 e. The molecule has 0 bridgehead atoms. The van der Waals surface area contributed by atoms with Crippen molar-refractivity contribution in [3.8, 4) is 0 Å². The summed E-state index contributed by atoms with van der Waals surface area (Å²) in [5, 5.41) is 10.4. The van der Waals surface area contributed by atoms with Crippen LogP contribution in [0.4, 0.5) is 0 Å². The number of rotatable bonds is 6. The van der Waals surface area contributed by atoms with Crippen LogP contribution in [-0.2, 0) is 6.61 Å². The van der Waals surface area contributed by atoms with Crippen LogP contribution in [-0.4, -0.2) is 20.2 Å². The average molecular weight is 250 g/mol. The normalized spacial score (nSPS) is 11.2. The molecule has 0 amide bonds. The number of imidazole rings is 1. The van der Waals surface area contributed by atoms with Crippen LogP contribution in [0.25, 0.3) is 5.65 Å². The van der Waals surface area contributed by atoms with Gasteiger partial charge in [0.1, 0.15) is 10.7 Å². The van der Waals surface area contributed by atoms with E-state index in [4.69, 9.17) is 0 Å². The molecule has 2 aromatic rings. The number of pyridine rings is 1. The molecule has 2 heterocycles. The van der Waals surface area contributed by atoms with E-state index in [9.17, 15) is 5.11 Å². The monoisotopic (exact) mass is 250 g/mol. The van der Waals surface area contributed by atoms with E-state index >= 15 is 0 Å². The van der Waals surface area contributed by atoms with Crippen molar-refractivity contribution in [2.75, 3.05) is 5.75 Å². The molecule has 92 valence electrons. The minimum Gasteiger partial charge on any atom is -0.390 e. The molecule has 2 rings (SSSR count). The fourth-order valence-corrected chi connectivity index (χ4v) is 2.83. The summed E-state index contributed by atoms with van der Waals surface area (Å²) in [4.78, 5) is 4.55. The van der Waals surface area contributed by atoms with Gasteiger partial charge < -0.3 is 9.51 Å². The first-order valence-electron chi connectivity index (χ1n) is 6.06. The van der Waals surface area contributed by atoms with E-state index in [2.05, 4.69) is 11.9 Å². The van der Waals surface area contributed by atoms with Crippen LogP contribution in [0, 0.1) is 0 Å². The van der Waals surface area contributed by atoms with Crippen molar-refractivity contribution in [3.05, 3.63) is 30.1 Å². The predicted molar refractivity (Wildman–Crippen MR) is 71.4 cm³/mol. The van der Waals surface area contributed by atoms with E-state index in [1.165, 1.54) is 19.3 Å². The quantitative estimate of drug-likeness (QED) is 0.632. The van der Waals surface area contributed by atoms with Gasteiger partial charge in [-0.1, -0.05) is 25.8 Å². The summed E-state index contributed by atoms with van der Waals surface area (Å²) in [5.74, 6) is 1.07. The van der Waals surface area contributed by atoms with Crippen LogP contribution in [0.15, 0.2) is 29.4 Å². The van der Waals surface area contributed by atoms with Gasteiger partial charge in [-0.15, -0.1) is 11.8 Å². The van der Waals surface area contributed by atoms with Gasteiger partial charge in [0, 0.05) is 6.20 Å². The third-order valence-corrected chi connectivity index (χ3v) is 3.82. The molecule has 0 spiro atoms. The maximum absolute atomic E-state index is 9.43. The maximum atomic E-state index is 9.43. The number of unbranched alkanes of at least 4 members (excludes halogenated alkanes) is 2. The fourth-order valence-electron chi connectivity index (χ4n) is 1.81. The SMILES string of the molecule is CCCCCSc1nc2ccccn2c1CO. The highest BCUT2D eigenvalue weighted by Crippen LogP contribution is 2.24. The predicted octanol–water partition coefficient (Wildman–Crippen LogP) is 3.11. The third kappa shape index (κ3) is 2.82. The Kier molecular flexibility index (Phi) is 4.45. The summed E-state index contributed by atoms with van der Waals surface area (Å²) in [5.41, 5.74) is 1.82. The molecule has 0 aliphatic rings. The Balaban J connectivity index is 2.15. The van der Waals surface area contributed by atoms with Gasteiger partial charge in [-0.2, -0.15) is 0 Å². The van der Waals surface area contributed by atoms with Crippen molar-refractivity contribution in [2.45, 2.75) is 37.8 Å². The van der Waals surface area contributed by atoms with Gasteiger partial charge in [-0.3, -0.25) is 0 Å². The highest BCUT2D eigenvalue weighted by molar-refractivity contribution is 7.99. The second-order valence-electron chi connectivity index (χ2n) is 4.01. The van der Waals surface area contributed by atoms with Crippen molar-refractivity contribution in [1.29, 1.82) is 0 Å². The Morgan fingerprint density at radius 1 is 1.35 bits per heavy atom. The number of hydrogen-bond donors (Lipinski definition) is 1. The Morgan fingerprint density at radius 2 is 2.24 bits per heavy atom. The van der Waals surface area contributed by atoms with E-state index < -0.39 is 0 Å². The van der Waals surface area contributed by atoms with Crippen LogP contribution in [0.3, 0.4) is 0 Å². The Labute approximate surface area is 106 Å². The van der Waals surface area contributed by atoms with Gasteiger partial charge in [0.15, 0.2) is 0 Å². The van der Waals surface area contributed by atoms with E-state index in [1.54, 1.807) is 11.8 Å². The van der Waals surface area contributed by atoms with Crippen molar-refractivity contribution in [2.24, 2.45) is 0 Å². The molecule has 1 N–H and O–H groups in total. The summed E-state index contributed by atoms with van der Waals surface area (Å²) in [6.07, 6.45) is 5.65.